The third kappa shape index (κ3) is 5.59. The fourth-order valence-electron chi connectivity index (χ4n) is 2.05. The molecule has 0 amide bonds. The lowest BCUT2D eigenvalue weighted by Crippen LogP contribution is -2.40. The van der Waals surface area contributed by atoms with Gasteiger partial charge in [-0.1, -0.05) is 17.7 Å². The van der Waals surface area contributed by atoms with Gasteiger partial charge in [-0.05, 0) is 25.5 Å². The molecule has 0 radical (unpaired) electrons. The Morgan fingerprint density at radius 2 is 2.05 bits per heavy atom. The van der Waals surface area contributed by atoms with E-state index in [1.807, 2.05) is 26.0 Å². The molecule has 1 unspecified atom stereocenters. The first-order chi connectivity index (χ1) is 8.98. The summed E-state index contributed by atoms with van der Waals surface area (Å²) in [7, 11) is 3.32. The SMILES string of the molecule is COCCNCC(C)(O)Cc1cc(C)ccc1OC. The summed E-state index contributed by atoms with van der Waals surface area (Å²) in [6, 6.07) is 6.01. The van der Waals surface area contributed by atoms with Crippen molar-refractivity contribution >= 4 is 0 Å². The molecule has 0 saturated carbocycles. The van der Waals surface area contributed by atoms with Crippen molar-refractivity contribution in [1.82, 2.24) is 5.32 Å². The van der Waals surface area contributed by atoms with Crippen LogP contribution in [-0.4, -0.2) is 44.6 Å². The molecule has 1 aromatic carbocycles. The molecule has 1 atom stereocenters. The summed E-state index contributed by atoms with van der Waals surface area (Å²) >= 11 is 0. The van der Waals surface area contributed by atoms with E-state index >= 15 is 0 Å². The molecule has 4 nitrogen and oxygen atoms in total. The largest absolute Gasteiger partial charge is 0.496 e. The van der Waals surface area contributed by atoms with E-state index < -0.39 is 5.60 Å². The van der Waals surface area contributed by atoms with E-state index in [4.69, 9.17) is 9.47 Å². The van der Waals surface area contributed by atoms with Crippen LogP contribution in [-0.2, 0) is 11.2 Å². The highest BCUT2D eigenvalue weighted by molar-refractivity contribution is 5.37. The first kappa shape index (κ1) is 16.0. The summed E-state index contributed by atoms with van der Waals surface area (Å²) in [6.45, 7) is 5.76. The zero-order valence-electron chi connectivity index (χ0n) is 12.3. The van der Waals surface area contributed by atoms with Crippen LogP contribution in [0.3, 0.4) is 0 Å². The van der Waals surface area contributed by atoms with E-state index in [1.54, 1.807) is 14.2 Å². The van der Waals surface area contributed by atoms with Gasteiger partial charge in [-0.25, -0.2) is 0 Å². The second-order valence-corrected chi connectivity index (χ2v) is 5.16. The van der Waals surface area contributed by atoms with Crippen LogP contribution in [0.4, 0.5) is 0 Å². The van der Waals surface area contributed by atoms with Crippen LogP contribution in [0, 0.1) is 6.92 Å². The summed E-state index contributed by atoms with van der Waals surface area (Å²) < 4.78 is 10.3. The first-order valence-electron chi connectivity index (χ1n) is 6.54. The van der Waals surface area contributed by atoms with Gasteiger partial charge < -0.3 is 19.9 Å². The molecular formula is C15H25NO3. The van der Waals surface area contributed by atoms with Gasteiger partial charge in [0, 0.05) is 26.6 Å². The van der Waals surface area contributed by atoms with Crippen LogP contribution in [0.15, 0.2) is 18.2 Å². The smallest absolute Gasteiger partial charge is 0.122 e. The van der Waals surface area contributed by atoms with Crippen molar-refractivity contribution in [2.45, 2.75) is 25.9 Å². The number of ether oxygens (including phenoxy) is 2. The molecule has 0 aromatic heterocycles. The van der Waals surface area contributed by atoms with Gasteiger partial charge in [-0.2, -0.15) is 0 Å². The van der Waals surface area contributed by atoms with Crippen LogP contribution in [0.25, 0.3) is 0 Å². The maximum Gasteiger partial charge on any atom is 0.122 e. The normalized spacial score (nSPS) is 14.2. The van der Waals surface area contributed by atoms with Gasteiger partial charge in [-0.3, -0.25) is 0 Å². The number of rotatable bonds is 8. The lowest BCUT2D eigenvalue weighted by atomic mass is 9.94. The zero-order chi connectivity index (χ0) is 14.3. The van der Waals surface area contributed by atoms with E-state index in [1.165, 1.54) is 5.56 Å². The minimum absolute atomic E-state index is 0.521. The van der Waals surface area contributed by atoms with E-state index in [-0.39, 0.29) is 0 Å². The second kappa shape index (κ2) is 7.48. The van der Waals surface area contributed by atoms with E-state index in [9.17, 15) is 5.11 Å². The van der Waals surface area contributed by atoms with Crippen molar-refractivity contribution in [3.05, 3.63) is 29.3 Å². The fraction of sp³-hybridized carbons (Fsp3) is 0.600. The van der Waals surface area contributed by atoms with Crippen molar-refractivity contribution in [2.24, 2.45) is 0 Å². The van der Waals surface area contributed by atoms with Crippen LogP contribution < -0.4 is 10.1 Å². The fourth-order valence-corrected chi connectivity index (χ4v) is 2.05. The Hall–Kier alpha value is -1.10. The van der Waals surface area contributed by atoms with E-state index in [2.05, 4.69) is 11.4 Å². The van der Waals surface area contributed by atoms with Gasteiger partial charge in [0.2, 0.25) is 0 Å². The van der Waals surface area contributed by atoms with Gasteiger partial charge >= 0.3 is 0 Å². The van der Waals surface area contributed by atoms with Crippen molar-refractivity contribution in [1.29, 1.82) is 0 Å². The Kier molecular flexibility index (Phi) is 6.28. The van der Waals surface area contributed by atoms with Gasteiger partial charge in [0.05, 0.1) is 19.3 Å². The van der Waals surface area contributed by atoms with Crippen LogP contribution in [0.1, 0.15) is 18.1 Å². The Balaban J connectivity index is 2.63. The van der Waals surface area contributed by atoms with Gasteiger partial charge in [-0.15, -0.1) is 0 Å². The third-order valence-electron chi connectivity index (χ3n) is 3.00. The Morgan fingerprint density at radius 3 is 2.68 bits per heavy atom. The van der Waals surface area contributed by atoms with Crippen LogP contribution in [0.2, 0.25) is 0 Å². The van der Waals surface area contributed by atoms with E-state index in [0.29, 0.717) is 19.6 Å². The topological polar surface area (TPSA) is 50.7 Å². The summed E-state index contributed by atoms with van der Waals surface area (Å²) in [4.78, 5) is 0. The number of hydrogen-bond donors (Lipinski definition) is 2. The average molecular weight is 267 g/mol. The maximum atomic E-state index is 10.4. The summed E-state index contributed by atoms with van der Waals surface area (Å²) in [5, 5.41) is 13.6. The molecule has 0 spiro atoms. The minimum atomic E-state index is -0.811. The molecular weight excluding hydrogens is 242 g/mol. The monoisotopic (exact) mass is 267 g/mol. The number of hydrogen-bond acceptors (Lipinski definition) is 4. The molecule has 0 heterocycles. The molecule has 0 fully saturated rings. The highest BCUT2D eigenvalue weighted by Crippen LogP contribution is 2.24. The summed E-state index contributed by atoms with van der Waals surface area (Å²) in [6.07, 6.45) is 0.553. The molecule has 19 heavy (non-hydrogen) atoms. The van der Waals surface area contributed by atoms with Gasteiger partial charge in [0.15, 0.2) is 0 Å². The molecule has 0 aliphatic carbocycles. The predicted octanol–water partition coefficient (Wildman–Crippen LogP) is 1.53. The highest BCUT2D eigenvalue weighted by Gasteiger charge is 2.22. The molecule has 0 aliphatic rings. The van der Waals surface area contributed by atoms with E-state index in [0.717, 1.165) is 17.9 Å². The molecule has 0 bridgehead atoms. The summed E-state index contributed by atoms with van der Waals surface area (Å²) in [5.41, 5.74) is 1.38. The molecule has 1 aromatic rings. The highest BCUT2D eigenvalue weighted by atomic mass is 16.5. The number of nitrogens with one attached hydrogen (secondary N) is 1. The molecule has 0 aliphatic heterocycles. The lowest BCUT2D eigenvalue weighted by molar-refractivity contribution is 0.0575. The van der Waals surface area contributed by atoms with Crippen molar-refractivity contribution in [3.8, 4) is 5.75 Å². The maximum absolute atomic E-state index is 10.4. The number of benzene rings is 1. The standard InChI is InChI=1S/C15H25NO3/c1-12-5-6-14(19-4)13(9-12)10-15(2,17)11-16-7-8-18-3/h5-6,9,16-17H,7-8,10-11H2,1-4H3. The minimum Gasteiger partial charge on any atom is -0.496 e. The third-order valence-corrected chi connectivity index (χ3v) is 3.00. The summed E-state index contributed by atoms with van der Waals surface area (Å²) in [5.74, 6) is 0.822. The Bertz CT molecular complexity index is 391. The van der Waals surface area contributed by atoms with Crippen molar-refractivity contribution < 1.29 is 14.6 Å². The molecule has 1 rings (SSSR count). The van der Waals surface area contributed by atoms with Crippen LogP contribution in [0.5, 0.6) is 5.75 Å². The quantitative estimate of drug-likeness (QED) is 0.701. The van der Waals surface area contributed by atoms with Crippen molar-refractivity contribution in [2.75, 3.05) is 33.9 Å². The molecule has 108 valence electrons. The molecule has 4 heteroatoms. The Labute approximate surface area is 115 Å². The van der Waals surface area contributed by atoms with Crippen molar-refractivity contribution in [3.63, 3.8) is 0 Å². The number of aliphatic hydroxyl groups is 1. The number of aryl methyl sites for hydroxylation is 1. The van der Waals surface area contributed by atoms with Crippen LogP contribution >= 0.6 is 0 Å². The lowest BCUT2D eigenvalue weighted by Gasteiger charge is -2.25. The second-order valence-electron chi connectivity index (χ2n) is 5.16. The predicted molar refractivity (Wildman–Crippen MR) is 76.8 cm³/mol. The first-order valence-corrected chi connectivity index (χ1v) is 6.54. The molecule has 2 N–H and O–H groups in total. The number of methoxy groups -OCH3 is 2. The van der Waals surface area contributed by atoms with Gasteiger partial charge in [0.25, 0.3) is 0 Å². The Morgan fingerprint density at radius 1 is 1.32 bits per heavy atom. The molecule has 0 saturated heterocycles. The van der Waals surface area contributed by atoms with Gasteiger partial charge in [0.1, 0.15) is 5.75 Å². The average Bonchev–Trinajstić information content (AvgIpc) is 2.34. The zero-order valence-corrected chi connectivity index (χ0v) is 12.3.